The number of carbonyl (C=O) groups excluding carboxylic acids is 1. The molecule has 1 atom stereocenters. The van der Waals surface area contributed by atoms with Crippen molar-refractivity contribution in [1.29, 1.82) is 0 Å². The fraction of sp³-hybridized carbons (Fsp3) is 0.261. The van der Waals surface area contributed by atoms with E-state index in [9.17, 15) is 13.2 Å². The molecule has 1 aliphatic heterocycles. The summed E-state index contributed by atoms with van der Waals surface area (Å²) in [4.78, 5) is 11.9. The number of amides is 1. The monoisotopic (exact) mass is 440 g/mol. The van der Waals surface area contributed by atoms with Gasteiger partial charge in [-0.3, -0.25) is 4.79 Å². The van der Waals surface area contributed by atoms with Crippen LogP contribution in [0.1, 0.15) is 22.0 Å². The smallest absolute Gasteiger partial charge is 0.251 e. The number of nitrogens with one attached hydrogen (secondary N) is 1. The van der Waals surface area contributed by atoms with Crippen LogP contribution in [0, 0.1) is 0 Å². The van der Waals surface area contributed by atoms with E-state index in [1.807, 2.05) is 36.4 Å². The van der Waals surface area contributed by atoms with Gasteiger partial charge in [0.2, 0.25) is 10.0 Å². The Morgan fingerprint density at radius 1 is 1.06 bits per heavy atom. The van der Waals surface area contributed by atoms with Crippen LogP contribution < -0.4 is 10.1 Å². The van der Waals surface area contributed by atoms with Gasteiger partial charge in [0, 0.05) is 25.7 Å². The fourth-order valence-electron chi connectivity index (χ4n) is 3.69. The molecule has 0 bridgehead atoms. The van der Waals surface area contributed by atoms with E-state index in [1.165, 1.54) is 35.6 Å². The van der Waals surface area contributed by atoms with Crippen LogP contribution in [0.2, 0.25) is 0 Å². The molecule has 1 amide bonds. The highest BCUT2D eigenvalue weighted by Gasteiger charge is 2.31. The third kappa shape index (κ3) is 4.27. The third-order valence-corrected chi connectivity index (χ3v) is 7.33. The van der Waals surface area contributed by atoms with E-state index in [2.05, 4.69) is 5.32 Å². The molecule has 0 radical (unpaired) electrons. The quantitative estimate of drug-likeness (QED) is 0.659. The van der Waals surface area contributed by atoms with E-state index in [1.54, 1.807) is 7.11 Å². The van der Waals surface area contributed by atoms with Crippen LogP contribution in [0.3, 0.4) is 0 Å². The molecule has 0 saturated carbocycles. The van der Waals surface area contributed by atoms with E-state index in [4.69, 9.17) is 9.47 Å². The van der Waals surface area contributed by atoms with Crippen molar-refractivity contribution in [3.63, 3.8) is 0 Å². The number of fused-ring (bicyclic) bond motifs is 1. The van der Waals surface area contributed by atoms with Crippen LogP contribution in [0.25, 0.3) is 10.8 Å². The minimum absolute atomic E-state index is 0.159. The minimum atomic E-state index is -3.70. The van der Waals surface area contributed by atoms with E-state index >= 15 is 0 Å². The molecular formula is C23H24N2O5S. The number of methoxy groups -OCH3 is 1. The molecule has 0 aromatic heterocycles. The molecule has 8 heteroatoms. The van der Waals surface area contributed by atoms with Crippen molar-refractivity contribution >= 4 is 26.7 Å². The predicted molar refractivity (Wildman–Crippen MR) is 118 cm³/mol. The largest absolute Gasteiger partial charge is 0.497 e. The van der Waals surface area contributed by atoms with Crippen molar-refractivity contribution in [2.45, 2.75) is 11.0 Å². The SMILES string of the molecule is CNC(=O)c1ccc(S(=O)(=O)N2CCOC(c3ccc4cc(OC)ccc4c3)C2)cc1. The Kier molecular flexibility index (Phi) is 5.95. The van der Waals surface area contributed by atoms with Crippen molar-refractivity contribution in [2.75, 3.05) is 33.9 Å². The second-order valence-electron chi connectivity index (χ2n) is 7.30. The van der Waals surface area contributed by atoms with Gasteiger partial charge in [-0.15, -0.1) is 0 Å². The van der Waals surface area contributed by atoms with Gasteiger partial charge in [0.25, 0.3) is 5.91 Å². The molecule has 162 valence electrons. The number of carbonyl (C=O) groups is 1. The first-order valence-corrected chi connectivity index (χ1v) is 11.4. The standard InChI is InChI=1S/C23H24N2O5S/c1-24-23(26)16-6-9-21(10-7-16)31(27,28)25-11-12-30-22(15-25)19-4-3-18-14-20(29-2)8-5-17(18)13-19/h3-10,13-14,22H,11-12,15H2,1-2H3,(H,24,26). The molecule has 1 heterocycles. The number of morpholine rings is 1. The first kappa shape index (κ1) is 21.3. The molecule has 3 aromatic carbocycles. The van der Waals surface area contributed by atoms with Crippen molar-refractivity contribution in [3.8, 4) is 5.75 Å². The first-order chi connectivity index (χ1) is 14.9. The van der Waals surface area contributed by atoms with Crippen LogP contribution in [0.4, 0.5) is 0 Å². The predicted octanol–water partition coefficient (Wildman–Crippen LogP) is 2.97. The molecule has 31 heavy (non-hydrogen) atoms. The number of rotatable bonds is 5. The number of hydrogen-bond acceptors (Lipinski definition) is 5. The molecular weight excluding hydrogens is 416 g/mol. The summed E-state index contributed by atoms with van der Waals surface area (Å²) in [5.41, 5.74) is 1.33. The third-order valence-electron chi connectivity index (χ3n) is 5.45. The minimum Gasteiger partial charge on any atom is -0.497 e. The summed E-state index contributed by atoms with van der Waals surface area (Å²) in [5, 5.41) is 4.60. The van der Waals surface area contributed by atoms with Crippen LogP contribution in [0.15, 0.2) is 65.6 Å². The number of ether oxygens (including phenoxy) is 2. The van der Waals surface area contributed by atoms with Crippen LogP contribution in [-0.4, -0.2) is 52.5 Å². The molecule has 1 saturated heterocycles. The maximum Gasteiger partial charge on any atom is 0.251 e. The molecule has 0 spiro atoms. The fourth-order valence-corrected chi connectivity index (χ4v) is 5.11. The van der Waals surface area contributed by atoms with Gasteiger partial charge in [-0.05, 0) is 58.8 Å². The molecule has 1 N–H and O–H groups in total. The lowest BCUT2D eigenvalue weighted by Crippen LogP contribution is -2.42. The Morgan fingerprint density at radius 2 is 1.77 bits per heavy atom. The summed E-state index contributed by atoms with van der Waals surface area (Å²) >= 11 is 0. The Morgan fingerprint density at radius 3 is 2.48 bits per heavy atom. The van der Waals surface area contributed by atoms with Crippen LogP contribution >= 0.6 is 0 Å². The molecule has 3 aromatic rings. The lowest BCUT2D eigenvalue weighted by Gasteiger charge is -2.32. The maximum absolute atomic E-state index is 13.2. The second-order valence-corrected chi connectivity index (χ2v) is 9.24. The second kappa shape index (κ2) is 8.66. The summed E-state index contributed by atoms with van der Waals surface area (Å²) in [5.74, 6) is 0.526. The van der Waals surface area contributed by atoms with Gasteiger partial charge in [0.1, 0.15) is 5.75 Å². The highest BCUT2D eigenvalue weighted by atomic mass is 32.2. The zero-order valence-electron chi connectivity index (χ0n) is 17.4. The van der Waals surface area contributed by atoms with Gasteiger partial charge in [0.15, 0.2) is 0 Å². The van der Waals surface area contributed by atoms with Crippen LogP contribution in [-0.2, 0) is 14.8 Å². The zero-order valence-corrected chi connectivity index (χ0v) is 18.2. The first-order valence-electron chi connectivity index (χ1n) is 9.94. The number of nitrogens with zero attached hydrogens (tertiary/aromatic N) is 1. The zero-order chi connectivity index (χ0) is 22.0. The number of sulfonamides is 1. The van der Waals surface area contributed by atoms with Gasteiger partial charge in [-0.2, -0.15) is 4.31 Å². The lowest BCUT2D eigenvalue weighted by atomic mass is 10.0. The molecule has 4 rings (SSSR count). The van der Waals surface area contributed by atoms with Crippen molar-refractivity contribution in [1.82, 2.24) is 9.62 Å². The summed E-state index contributed by atoms with van der Waals surface area (Å²) in [6, 6.07) is 17.8. The van der Waals surface area contributed by atoms with Crippen molar-refractivity contribution in [2.24, 2.45) is 0 Å². The van der Waals surface area contributed by atoms with Crippen LogP contribution in [0.5, 0.6) is 5.75 Å². The van der Waals surface area contributed by atoms with Gasteiger partial charge in [0.05, 0.1) is 24.7 Å². The van der Waals surface area contributed by atoms with Gasteiger partial charge >= 0.3 is 0 Å². The number of benzene rings is 3. The maximum atomic E-state index is 13.2. The van der Waals surface area contributed by atoms with Gasteiger partial charge in [-0.1, -0.05) is 18.2 Å². The molecule has 0 aliphatic carbocycles. The molecule has 1 fully saturated rings. The number of hydrogen-bond donors (Lipinski definition) is 1. The van der Waals surface area contributed by atoms with E-state index < -0.39 is 10.0 Å². The van der Waals surface area contributed by atoms with Gasteiger partial charge in [-0.25, -0.2) is 8.42 Å². The normalized spacial score (nSPS) is 17.4. The Balaban J connectivity index is 1.56. The average molecular weight is 441 g/mol. The summed E-state index contributed by atoms with van der Waals surface area (Å²) in [7, 11) is -0.535. The Bertz CT molecular complexity index is 1210. The lowest BCUT2D eigenvalue weighted by molar-refractivity contribution is -0.00248. The Hall–Kier alpha value is -2.94. The van der Waals surface area contributed by atoms with Crippen molar-refractivity contribution in [3.05, 3.63) is 71.8 Å². The van der Waals surface area contributed by atoms with E-state index in [0.29, 0.717) is 12.2 Å². The molecule has 1 aliphatic rings. The summed E-state index contributed by atoms with van der Waals surface area (Å²) in [6.45, 7) is 0.808. The highest BCUT2D eigenvalue weighted by Crippen LogP contribution is 2.30. The average Bonchev–Trinajstić information content (AvgIpc) is 2.83. The van der Waals surface area contributed by atoms with E-state index in [-0.39, 0.29) is 30.0 Å². The summed E-state index contributed by atoms with van der Waals surface area (Å²) < 4.78 is 38.9. The highest BCUT2D eigenvalue weighted by molar-refractivity contribution is 7.89. The summed E-state index contributed by atoms with van der Waals surface area (Å²) in [6.07, 6.45) is -0.361. The molecule has 7 nitrogen and oxygen atoms in total. The van der Waals surface area contributed by atoms with Crippen molar-refractivity contribution < 1.29 is 22.7 Å². The Labute approximate surface area is 181 Å². The topological polar surface area (TPSA) is 84.9 Å². The van der Waals surface area contributed by atoms with E-state index in [0.717, 1.165) is 22.1 Å². The molecule has 1 unspecified atom stereocenters. The van der Waals surface area contributed by atoms with Gasteiger partial charge < -0.3 is 14.8 Å².